The van der Waals surface area contributed by atoms with Crippen molar-refractivity contribution in [2.24, 2.45) is 0 Å². The Morgan fingerprint density at radius 1 is 0.972 bits per heavy atom. The predicted octanol–water partition coefficient (Wildman–Crippen LogP) is 5.46. The number of benzene rings is 3. The van der Waals surface area contributed by atoms with Crippen LogP contribution in [0.1, 0.15) is 24.4 Å². The van der Waals surface area contributed by atoms with E-state index in [2.05, 4.69) is 15.5 Å². The normalized spacial score (nSPS) is 11.6. The number of ether oxygens (including phenoxy) is 3. The number of thioether (sulfide) groups is 1. The van der Waals surface area contributed by atoms with Crippen molar-refractivity contribution in [2.75, 3.05) is 25.3 Å². The van der Waals surface area contributed by atoms with E-state index in [0.717, 1.165) is 11.3 Å². The third kappa shape index (κ3) is 5.98. The second kappa shape index (κ2) is 11.6. The number of rotatable bonds is 10. The Bertz CT molecular complexity index is 1330. The highest BCUT2D eigenvalue weighted by atomic mass is 32.2. The summed E-state index contributed by atoms with van der Waals surface area (Å²) < 4.78 is 18.7. The van der Waals surface area contributed by atoms with E-state index in [1.165, 1.54) is 11.8 Å². The molecule has 0 fully saturated rings. The van der Waals surface area contributed by atoms with E-state index in [-0.39, 0.29) is 11.7 Å². The molecule has 1 heterocycles. The number of hydrogen-bond donors (Lipinski definition) is 1. The zero-order valence-electron chi connectivity index (χ0n) is 20.6. The second-order valence-corrected chi connectivity index (χ2v) is 8.93. The van der Waals surface area contributed by atoms with E-state index in [9.17, 15) is 4.79 Å². The quantitative estimate of drug-likeness (QED) is 0.287. The SMILES string of the molecule is COc1cccc(OC(C)c2nnc(SCC(=O)Nc3cc(C)ccc3OC)n2-c2ccccc2)c1. The molecule has 8 nitrogen and oxygen atoms in total. The third-order valence-electron chi connectivity index (χ3n) is 5.35. The summed E-state index contributed by atoms with van der Waals surface area (Å²) in [5.41, 5.74) is 2.53. The van der Waals surface area contributed by atoms with Crippen molar-refractivity contribution in [1.82, 2.24) is 14.8 Å². The van der Waals surface area contributed by atoms with Crippen LogP contribution in [-0.2, 0) is 4.79 Å². The number of nitrogens with one attached hydrogen (secondary N) is 1. The first-order valence-electron chi connectivity index (χ1n) is 11.4. The first kappa shape index (κ1) is 25.1. The fourth-order valence-corrected chi connectivity index (χ4v) is 4.38. The van der Waals surface area contributed by atoms with Crippen LogP contribution in [0.2, 0.25) is 0 Å². The highest BCUT2D eigenvalue weighted by Crippen LogP contribution is 2.30. The number of carbonyl (C=O) groups is 1. The van der Waals surface area contributed by atoms with Gasteiger partial charge in [0, 0.05) is 11.8 Å². The van der Waals surface area contributed by atoms with Crippen LogP contribution < -0.4 is 19.5 Å². The average molecular weight is 505 g/mol. The molecule has 0 aliphatic rings. The molecule has 0 aliphatic heterocycles. The van der Waals surface area contributed by atoms with E-state index in [1.807, 2.05) is 91.2 Å². The Balaban J connectivity index is 1.54. The maximum atomic E-state index is 12.8. The molecule has 0 saturated carbocycles. The van der Waals surface area contributed by atoms with Crippen LogP contribution in [0.5, 0.6) is 17.2 Å². The van der Waals surface area contributed by atoms with Gasteiger partial charge >= 0.3 is 0 Å². The molecule has 1 atom stereocenters. The molecule has 36 heavy (non-hydrogen) atoms. The van der Waals surface area contributed by atoms with Crippen molar-refractivity contribution in [2.45, 2.75) is 25.1 Å². The molecule has 9 heteroatoms. The van der Waals surface area contributed by atoms with Gasteiger partial charge in [-0.3, -0.25) is 9.36 Å². The standard InChI is InChI=1S/C27H28N4O4S/c1-18-13-14-24(34-4)23(15-18)28-25(32)17-36-27-30-29-26(31(27)20-9-6-5-7-10-20)19(2)35-22-12-8-11-21(16-22)33-3/h5-16,19H,17H2,1-4H3,(H,28,32). The number of amides is 1. The minimum Gasteiger partial charge on any atom is -0.497 e. The Hall–Kier alpha value is -3.98. The number of methoxy groups -OCH3 is 2. The van der Waals surface area contributed by atoms with Crippen molar-refractivity contribution in [1.29, 1.82) is 0 Å². The summed E-state index contributed by atoms with van der Waals surface area (Å²) in [7, 11) is 3.19. The zero-order chi connectivity index (χ0) is 25.5. The number of para-hydroxylation sites is 1. The molecule has 0 aliphatic carbocycles. The number of nitrogens with zero attached hydrogens (tertiary/aromatic N) is 3. The Morgan fingerprint density at radius 3 is 2.50 bits per heavy atom. The molecule has 1 unspecified atom stereocenters. The lowest BCUT2D eigenvalue weighted by Gasteiger charge is -2.17. The minimum absolute atomic E-state index is 0.146. The number of aryl methyl sites for hydroxylation is 1. The molecule has 0 spiro atoms. The van der Waals surface area contributed by atoms with Gasteiger partial charge in [0.15, 0.2) is 17.1 Å². The Morgan fingerprint density at radius 2 is 1.75 bits per heavy atom. The lowest BCUT2D eigenvalue weighted by atomic mass is 10.2. The average Bonchev–Trinajstić information content (AvgIpc) is 3.32. The fraction of sp³-hybridized carbons (Fsp3) is 0.222. The van der Waals surface area contributed by atoms with Gasteiger partial charge in [0.25, 0.3) is 0 Å². The molecule has 1 N–H and O–H groups in total. The topological polar surface area (TPSA) is 87.5 Å². The van der Waals surface area contributed by atoms with Crippen molar-refractivity contribution in [3.8, 4) is 22.9 Å². The number of carbonyl (C=O) groups excluding carboxylic acids is 1. The highest BCUT2D eigenvalue weighted by molar-refractivity contribution is 7.99. The van der Waals surface area contributed by atoms with Crippen LogP contribution in [0, 0.1) is 6.92 Å². The smallest absolute Gasteiger partial charge is 0.234 e. The van der Waals surface area contributed by atoms with E-state index >= 15 is 0 Å². The lowest BCUT2D eigenvalue weighted by Crippen LogP contribution is -2.16. The molecule has 1 aromatic heterocycles. The largest absolute Gasteiger partial charge is 0.497 e. The van der Waals surface area contributed by atoms with Gasteiger partial charge in [-0.15, -0.1) is 10.2 Å². The van der Waals surface area contributed by atoms with E-state index in [1.54, 1.807) is 14.2 Å². The van der Waals surface area contributed by atoms with Crippen molar-refractivity contribution >= 4 is 23.4 Å². The molecule has 0 bridgehead atoms. The molecule has 0 saturated heterocycles. The predicted molar refractivity (Wildman–Crippen MR) is 140 cm³/mol. The number of anilines is 1. The van der Waals surface area contributed by atoms with Crippen molar-refractivity contribution < 1.29 is 19.0 Å². The molecular formula is C27H28N4O4S. The number of aromatic nitrogens is 3. The summed E-state index contributed by atoms with van der Waals surface area (Å²) in [6.45, 7) is 3.87. The van der Waals surface area contributed by atoms with E-state index in [4.69, 9.17) is 14.2 Å². The van der Waals surface area contributed by atoms with E-state index in [0.29, 0.717) is 33.9 Å². The molecule has 0 radical (unpaired) electrons. The van der Waals surface area contributed by atoms with Crippen LogP contribution in [0.25, 0.3) is 5.69 Å². The third-order valence-corrected chi connectivity index (χ3v) is 6.28. The van der Waals surface area contributed by atoms with Crippen LogP contribution in [-0.4, -0.2) is 40.6 Å². The summed E-state index contributed by atoms with van der Waals surface area (Å²) in [4.78, 5) is 12.8. The number of hydrogen-bond acceptors (Lipinski definition) is 7. The van der Waals surface area contributed by atoms with Crippen LogP contribution >= 0.6 is 11.8 Å². The molecule has 4 aromatic rings. The molecular weight excluding hydrogens is 476 g/mol. The molecule has 3 aromatic carbocycles. The van der Waals surface area contributed by atoms with Gasteiger partial charge in [-0.2, -0.15) is 0 Å². The summed E-state index contributed by atoms with van der Waals surface area (Å²) in [6.07, 6.45) is -0.412. The Kier molecular flexibility index (Phi) is 8.12. The summed E-state index contributed by atoms with van der Waals surface area (Å²) >= 11 is 1.30. The van der Waals surface area contributed by atoms with Gasteiger partial charge < -0.3 is 19.5 Å². The maximum Gasteiger partial charge on any atom is 0.234 e. The van der Waals surface area contributed by atoms with Gasteiger partial charge in [-0.05, 0) is 55.8 Å². The first-order chi connectivity index (χ1) is 17.5. The molecule has 186 valence electrons. The van der Waals surface area contributed by atoms with Gasteiger partial charge in [0.1, 0.15) is 17.2 Å². The van der Waals surface area contributed by atoms with Crippen LogP contribution in [0.15, 0.2) is 78.0 Å². The fourth-order valence-electron chi connectivity index (χ4n) is 3.62. The summed E-state index contributed by atoms with van der Waals surface area (Å²) in [5, 5.41) is 12.3. The minimum atomic E-state index is -0.412. The van der Waals surface area contributed by atoms with Crippen molar-refractivity contribution in [3.63, 3.8) is 0 Å². The van der Waals surface area contributed by atoms with Gasteiger partial charge in [0.05, 0.1) is 25.7 Å². The second-order valence-electron chi connectivity index (χ2n) is 7.99. The van der Waals surface area contributed by atoms with Crippen molar-refractivity contribution in [3.05, 3.63) is 84.2 Å². The Labute approximate surface area is 214 Å². The summed E-state index contributed by atoms with van der Waals surface area (Å²) in [5.74, 6) is 2.56. The van der Waals surface area contributed by atoms with E-state index < -0.39 is 6.10 Å². The van der Waals surface area contributed by atoms with Gasteiger partial charge in [-0.1, -0.05) is 42.1 Å². The molecule has 1 amide bonds. The summed E-state index contributed by atoms with van der Waals surface area (Å²) in [6, 6.07) is 22.8. The van der Waals surface area contributed by atoms with Gasteiger partial charge in [-0.25, -0.2) is 0 Å². The van der Waals surface area contributed by atoms with Crippen LogP contribution in [0.4, 0.5) is 5.69 Å². The zero-order valence-corrected chi connectivity index (χ0v) is 21.4. The molecule has 4 rings (SSSR count). The van der Waals surface area contributed by atoms with Gasteiger partial charge in [0.2, 0.25) is 5.91 Å². The monoisotopic (exact) mass is 504 g/mol. The first-order valence-corrected chi connectivity index (χ1v) is 12.4. The maximum absolute atomic E-state index is 12.8. The lowest BCUT2D eigenvalue weighted by molar-refractivity contribution is -0.113. The highest BCUT2D eigenvalue weighted by Gasteiger charge is 2.22. The van der Waals surface area contributed by atoms with Crippen LogP contribution in [0.3, 0.4) is 0 Å².